The summed E-state index contributed by atoms with van der Waals surface area (Å²) in [5.74, 6) is 1.10. The second-order valence-corrected chi connectivity index (χ2v) is 7.48. The minimum Gasteiger partial charge on any atom is -0.508 e. The maximum absolute atomic E-state index is 9.83. The van der Waals surface area contributed by atoms with E-state index < -0.39 is 0 Å². The molecule has 1 aliphatic carbocycles. The van der Waals surface area contributed by atoms with Gasteiger partial charge in [-0.1, -0.05) is 37.5 Å². The second-order valence-electron chi connectivity index (χ2n) is 7.48. The average molecular weight is 337 g/mol. The van der Waals surface area contributed by atoms with Crippen LogP contribution in [0.1, 0.15) is 49.7 Å². The predicted octanol–water partition coefficient (Wildman–Crippen LogP) is 5.22. The molecule has 3 heteroatoms. The lowest BCUT2D eigenvalue weighted by molar-refractivity contribution is 0.139. The van der Waals surface area contributed by atoms with E-state index in [0.29, 0.717) is 11.8 Å². The summed E-state index contributed by atoms with van der Waals surface area (Å²) in [5, 5.41) is 9.83. The highest BCUT2D eigenvalue weighted by Gasteiger charge is 2.30. The summed E-state index contributed by atoms with van der Waals surface area (Å²) < 4.78 is 5.27. The Hall–Kier alpha value is -2.00. The van der Waals surface area contributed by atoms with Crippen molar-refractivity contribution in [3.05, 3.63) is 60.1 Å². The van der Waals surface area contributed by atoms with E-state index in [1.165, 1.54) is 48.8 Å². The van der Waals surface area contributed by atoms with E-state index in [4.69, 9.17) is 4.42 Å². The fourth-order valence-electron chi connectivity index (χ4n) is 4.47. The minimum absolute atomic E-state index is 0.355. The third-order valence-electron chi connectivity index (χ3n) is 5.78. The first-order valence-electron chi connectivity index (χ1n) is 9.55. The van der Waals surface area contributed by atoms with E-state index >= 15 is 0 Å². The number of furan rings is 1. The van der Waals surface area contributed by atoms with Gasteiger partial charge >= 0.3 is 0 Å². The van der Waals surface area contributed by atoms with Crippen molar-refractivity contribution >= 4 is 5.57 Å². The summed E-state index contributed by atoms with van der Waals surface area (Å²) in [6, 6.07) is 10.3. The number of nitrogens with zero attached hydrogens (tertiary/aromatic N) is 1. The van der Waals surface area contributed by atoms with Crippen LogP contribution in [0.15, 0.2) is 53.4 Å². The zero-order valence-corrected chi connectivity index (χ0v) is 14.7. The Morgan fingerprint density at radius 2 is 2.00 bits per heavy atom. The second kappa shape index (κ2) is 7.49. The lowest BCUT2D eigenvalue weighted by atomic mass is 9.80. The number of aromatic hydroxyl groups is 1. The summed E-state index contributed by atoms with van der Waals surface area (Å²) >= 11 is 0. The van der Waals surface area contributed by atoms with Crippen LogP contribution in [-0.2, 0) is 6.54 Å². The molecule has 1 aromatic carbocycles. The van der Waals surface area contributed by atoms with E-state index in [0.717, 1.165) is 25.4 Å². The molecule has 2 heterocycles. The summed E-state index contributed by atoms with van der Waals surface area (Å²) in [6.07, 6.45) is 13.9. The van der Waals surface area contributed by atoms with E-state index in [2.05, 4.69) is 23.1 Å². The lowest BCUT2D eigenvalue weighted by Crippen LogP contribution is -2.42. The van der Waals surface area contributed by atoms with Gasteiger partial charge in [-0.2, -0.15) is 0 Å². The first kappa shape index (κ1) is 16.5. The topological polar surface area (TPSA) is 36.6 Å². The molecule has 0 spiro atoms. The number of hydrogen-bond acceptors (Lipinski definition) is 3. The fraction of sp³-hybridized carbons (Fsp3) is 0.455. The Bertz CT molecular complexity index is 713. The average Bonchev–Trinajstić information content (AvgIpc) is 3.16. The number of rotatable bonds is 4. The van der Waals surface area contributed by atoms with Gasteiger partial charge in [0.25, 0.3) is 0 Å². The fourth-order valence-corrected chi connectivity index (χ4v) is 4.47. The van der Waals surface area contributed by atoms with Gasteiger partial charge in [0.1, 0.15) is 5.75 Å². The van der Waals surface area contributed by atoms with Crippen molar-refractivity contribution in [3.63, 3.8) is 0 Å². The van der Waals surface area contributed by atoms with Gasteiger partial charge in [-0.05, 0) is 54.5 Å². The Morgan fingerprint density at radius 3 is 2.76 bits per heavy atom. The molecule has 1 fully saturated rings. The van der Waals surface area contributed by atoms with Crippen molar-refractivity contribution in [2.24, 2.45) is 5.92 Å². The predicted molar refractivity (Wildman–Crippen MR) is 100 cm³/mol. The zero-order valence-electron chi connectivity index (χ0n) is 14.7. The zero-order chi connectivity index (χ0) is 17.1. The van der Waals surface area contributed by atoms with Gasteiger partial charge in [0.05, 0.1) is 12.5 Å². The molecule has 1 atom stereocenters. The van der Waals surface area contributed by atoms with Crippen molar-refractivity contribution in [1.29, 1.82) is 0 Å². The molecule has 132 valence electrons. The molecule has 2 aliphatic rings. The van der Waals surface area contributed by atoms with Crippen LogP contribution < -0.4 is 0 Å². The summed E-state index contributed by atoms with van der Waals surface area (Å²) in [5.41, 5.74) is 3.81. The van der Waals surface area contributed by atoms with Crippen LogP contribution in [0.3, 0.4) is 0 Å². The SMILES string of the molecule is Oc1cccc(C2=CC(C3CCCCC3)N(Cc3ccoc3)CC2)c1. The molecule has 1 aromatic heterocycles. The van der Waals surface area contributed by atoms with Crippen molar-refractivity contribution < 1.29 is 9.52 Å². The number of hydrogen-bond donors (Lipinski definition) is 1. The third-order valence-corrected chi connectivity index (χ3v) is 5.78. The highest BCUT2D eigenvalue weighted by atomic mass is 16.3. The highest BCUT2D eigenvalue weighted by molar-refractivity contribution is 5.68. The lowest BCUT2D eigenvalue weighted by Gasteiger charge is -2.40. The summed E-state index contributed by atoms with van der Waals surface area (Å²) in [7, 11) is 0. The molecular formula is C22H27NO2. The van der Waals surface area contributed by atoms with Gasteiger partial charge in [0, 0.05) is 24.7 Å². The molecule has 1 aliphatic heterocycles. The van der Waals surface area contributed by atoms with E-state index in [-0.39, 0.29) is 0 Å². The van der Waals surface area contributed by atoms with Crippen molar-refractivity contribution in [1.82, 2.24) is 4.90 Å². The first-order valence-corrected chi connectivity index (χ1v) is 9.55. The molecule has 0 bridgehead atoms. The quantitative estimate of drug-likeness (QED) is 0.830. The van der Waals surface area contributed by atoms with Gasteiger partial charge in [0.2, 0.25) is 0 Å². The van der Waals surface area contributed by atoms with Crippen LogP contribution in [0, 0.1) is 5.92 Å². The molecule has 1 saturated carbocycles. The Labute approximate surface area is 150 Å². The Kier molecular flexibility index (Phi) is 4.93. The van der Waals surface area contributed by atoms with E-state index in [1.807, 2.05) is 18.4 Å². The molecule has 1 unspecified atom stereocenters. The third kappa shape index (κ3) is 3.82. The van der Waals surface area contributed by atoms with Crippen LogP contribution in [-0.4, -0.2) is 22.6 Å². The van der Waals surface area contributed by atoms with Crippen molar-refractivity contribution in [2.75, 3.05) is 6.54 Å². The van der Waals surface area contributed by atoms with Crippen molar-refractivity contribution in [2.45, 2.75) is 51.1 Å². The normalized spacial score (nSPS) is 22.7. The molecule has 0 radical (unpaired) electrons. The minimum atomic E-state index is 0.355. The van der Waals surface area contributed by atoms with Crippen LogP contribution in [0.5, 0.6) is 5.75 Å². The molecule has 3 nitrogen and oxygen atoms in total. The standard InChI is InChI=1S/C22H27NO2/c24-21-8-4-7-19(13-21)20-9-11-23(15-17-10-12-25-16-17)22(14-20)18-5-2-1-3-6-18/h4,7-8,10,12-14,16,18,22,24H,1-3,5-6,9,11,15H2. The highest BCUT2D eigenvalue weighted by Crippen LogP contribution is 2.36. The summed E-state index contributed by atoms with van der Waals surface area (Å²) in [4.78, 5) is 2.62. The molecule has 0 amide bonds. The first-order chi connectivity index (χ1) is 12.3. The summed E-state index contributed by atoms with van der Waals surface area (Å²) in [6.45, 7) is 2.02. The molecule has 0 saturated heterocycles. The molecule has 2 aromatic rings. The smallest absolute Gasteiger partial charge is 0.116 e. The maximum atomic E-state index is 9.83. The van der Waals surface area contributed by atoms with Crippen LogP contribution in [0.2, 0.25) is 0 Å². The van der Waals surface area contributed by atoms with Crippen LogP contribution >= 0.6 is 0 Å². The molecular weight excluding hydrogens is 310 g/mol. The number of phenolic OH excluding ortho intramolecular Hbond substituents is 1. The Morgan fingerprint density at radius 1 is 1.12 bits per heavy atom. The maximum Gasteiger partial charge on any atom is 0.116 e. The largest absolute Gasteiger partial charge is 0.508 e. The van der Waals surface area contributed by atoms with Gasteiger partial charge in [-0.25, -0.2) is 0 Å². The molecule has 4 rings (SSSR count). The van der Waals surface area contributed by atoms with E-state index in [1.54, 1.807) is 12.3 Å². The molecule has 1 N–H and O–H groups in total. The Balaban J connectivity index is 1.60. The van der Waals surface area contributed by atoms with Crippen LogP contribution in [0.25, 0.3) is 5.57 Å². The van der Waals surface area contributed by atoms with E-state index in [9.17, 15) is 5.11 Å². The number of phenols is 1. The van der Waals surface area contributed by atoms with Gasteiger partial charge < -0.3 is 9.52 Å². The molecule has 25 heavy (non-hydrogen) atoms. The van der Waals surface area contributed by atoms with Crippen LogP contribution in [0.4, 0.5) is 0 Å². The van der Waals surface area contributed by atoms with Gasteiger partial charge in [0.15, 0.2) is 0 Å². The monoisotopic (exact) mass is 337 g/mol. The van der Waals surface area contributed by atoms with Gasteiger partial charge in [-0.3, -0.25) is 4.90 Å². The van der Waals surface area contributed by atoms with Crippen molar-refractivity contribution in [3.8, 4) is 5.75 Å². The number of benzene rings is 1. The van der Waals surface area contributed by atoms with Gasteiger partial charge in [-0.15, -0.1) is 0 Å².